The second kappa shape index (κ2) is 9.34. The highest BCUT2D eigenvalue weighted by Crippen LogP contribution is 2.30. The molecule has 1 aliphatic heterocycles. The van der Waals surface area contributed by atoms with Crippen LogP contribution in [0.1, 0.15) is 41.9 Å². The standard InChI is InChI=1S/C24H25ClN8O/c1-3-26-23(34)20-11-22(31-24(25)30-20)33-8-6-15(7-9-33)21-13-27-18-5-4-16(10-19(18)29-21)17-12-28-32(2)14-17/h4-5,10-15H,3,6-9H2,1-2H3,(H,26,34). The van der Waals surface area contributed by atoms with Gasteiger partial charge in [0.2, 0.25) is 5.28 Å². The number of fused-ring (bicyclic) bond motifs is 1. The van der Waals surface area contributed by atoms with Crippen molar-refractivity contribution < 1.29 is 4.79 Å². The fourth-order valence-electron chi connectivity index (χ4n) is 4.31. The van der Waals surface area contributed by atoms with Crippen LogP contribution in [0.3, 0.4) is 0 Å². The van der Waals surface area contributed by atoms with Crippen molar-refractivity contribution in [1.29, 1.82) is 0 Å². The molecule has 174 valence electrons. The second-order valence-corrected chi connectivity index (χ2v) is 8.74. The number of carbonyl (C=O) groups is 1. The zero-order valence-corrected chi connectivity index (χ0v) is 19.8. The van der Waals surface area contributed by atoms with Crippen molar-refractivity contribution in [2.45, 2.75) is 25.7 Å². The lowest BCUT2D eigenvalue weighted by molar-refractivity contribution is 0.0950. The van der Waals surface area contributed by atoms with Gasteiger partial charge in [0.25, 0.3) is 5.91 Å². The number of hydrogen-bond donors (Lipinski definition) is 1. The molecule has 10 heteroatoms. The van der Waals surface area contributed by atoms with E-state index in [0.29, 0.717) is 18.3 Å². The summed E-state index contributed by atoms with van der Waals surface area (Å²) in [4.78, 5) is 32.3. The minimum Gasteiger partial charge on any atom is -0.356 e. The molecule has 9 nitrogen and oxygen atoms in total. The van der Waals surface area contributed by atoms with Crippen LogP contribution in [0, 0.1) is 0 Å². The first-order chi connectivity index (χ1) is 16.5. The van der Waals surface area contributed by atoms with E-state index in [-0.39, 0.29) is 16.9 Å². The Kier molecular flexibility index (Phi) is 6.10. The molecule has 1 N–H and O–H groups in total. The Balaban J connectivity index is 1.32. The Bertz CT molecular complexity index is 1350. The molecule has 1 aliphatic rings. The number of rotatable bonds is 5. The lowest BCUT2D eigenvalue weighted by Gasteiger charge is -2.32. The van der Waals surface area contributed by atoms with E-state index >= 15 is 0 Å². The number of amides is 1. The minimum atomic E-state index is -0.250. The fraction of sp³-hybridized carbons (Fsp3) is 0.333. The van der Waals surface area contributed by atoms with Gasteiger partial charge in [0.15, 0.2) is 0 Å². The molecule has 4 heterocycles. The van der Waals surface area contributed by atoms with Gasteiger partial charge in [-0.1, -0.05) is 6.07 Å². The number of piperidine rings is 1. The highest BCUT2D eigenvalue weighted by atomic mass is 35.5. The van der Waals surface area contributed by atoms with E-state index in [4.69, 9.17) is 16.6 Å². The molecule has 0 saturated carbocycles. The van der Waals surface area contributed by atoms with Gasteiger partial charge in [-0.2, -0.15) is 5.10 Å². The van der Waals surface area contributed by atoms with Crippen molar-refractivity contribution in [3.8, 4) is 11.1 Å². The van der Waals surface area contributed by atoms with E-state index in [0.717, 1.165) is 53.8 Å². The average molecular weight is 477 g/mol. The number of halogens is 1. The maximum Gasteiger partial charge on any atom is 0.270 e. The monoisotopic (exact) mass is 476 g/mol. The van der Waals surface area contributed by atoms with Crippen LogP contribution >= 0.6 is 11.6 Å². The minimum absolute atomic E-state index is 0.0747. The zero-order valence-electron chi connectivity index (χ0n) is 19.1. The molecule has 1 amide bonds. The van der Waals surface area contributed by atoms with E-state index in [1.807, 2.05) is 44.7 Å². The number of hydrogen-bond acceptors (Lipinski definition) is 7. The van der Waals surface area contributed by atoms with E-state index < -0.39 is 0 Å². The van der Waals surface area contributed by atoms with Gasteiger partial charge in [-0.05, 0) is 49.1 Å². The summed E-state index contributed by atoms with van der Waals surface area (Å²) in [5.74, 6) is 0.723. The van der Waals surface area contributed by atoms with Crippen LogP contribution in [-0.4, -0.2) is 55.3 Å². The van der Waals surface area contributed by atoms with Crippen LogP contribution in [0.5, 0.6) is 0 Å². The van der Waals surface area contributed by atoms with Crippen LogP contribution < -0.4 is 10.2 Å². The van der Waals surface area contributed by atoms with Crippen molar-refractivity contribution >= 4 is 34.4 Å². The molecule has 1 saturated heterocycles. The Morgan fingerprint density at radius 3 is 2.65 bits per heavy atom. The third-order valence-corrected chi connectivity index (χ3v) is 6.26. The summed E-state index contributed by atoms with van der Waals surface area (Å²) in [6.45, 7) is 3.95. The van der Waals surface area contributed by atoms with Crippen LogP contribution in [0.2, 0.25) is 5.28 Å². The number of nitrogens with one attached hydrogen (secondary N) is 1. The first kappa shape index (κ1) is 22.2. The third-order valence-electron chi connectivity index (χ3n) is 6.09. The van der Waals surface area contributed by atoms with E-state index in [1.165, 1.54) is 0 Å². The van der Waals surface area contributed by atoms with Gasteiger partial charge in [-0.25, -0.2) is 15.0 Å². The largest absolute Gasteiger partial charge is 0.356 e. The molecule has 0 radical (unpaired) electrons. The number of anilines is 1. The van der Waals surface area contributed by atoms with Crippen molar-refractivity contribution in [2.75, 3.05) is 24.5 Å². The number of aryl methyl sites for hydroxylation is 1. The Morgan fingerprint density at radius 1 is 1.09 bits per heavy atom. The molecular formula is C24H25ClN8O. The highest BCUT2D eigenvalue weighted by Gasteiger charge is 2.24. The number of nitrogens with zero attached hydrogens (tertiary/aromatic N) is 7. The predicted molar refractivity (Wildman–Crippen MR) is 131 cm³/mol. The molecule has 0 unspecified atom stereocenters. The van der Waals surface area contributed by atoms with Gasteiger partial charge in [0.1, 0.15) is 11.5 Å². The van der Waals surface area contributed by atoms with Crippen LogP contribution in [-0.2, 0) is 7.05 Å². The summed E-state index contributed by atoms with van der Waals surface area (Å²) in [6, 6.07) is 7.83. The molecule has 0 atom stereocenters. The Labute approximate surface area is 202 Å². The van der Waals surface area contributed by atoms with Gasteiger partial charge < -0.3 is 10.2 Å². The van der Waals surface area contributed by atoms with Crippen LogP contribution in [0.4, 0.5) is 5.82 Å². The molecular weight excluding hydrogens is 452 g/mol. The Morgan fingerprint density at radius 2 is 1.91 bits per heavy atom. The maximum absolute atomic E-state index is 12.2. The molecule has 0 bridgehead atoms. The second-order valence-electron chi connectivity index (χ2n) is 8.40. The number of carbonyl (C=O) groups excluding carboxylic acids is 1. The molecule has 4 aromatic rings. The molecule has 1 fully saturated rings. The van der Waals surface area contributed by atoms with Gasteiger partial charge in [-0.15, -0.1) is 0 Å². The van der Waals surface area contributed by atoms with Gasteiger partial charge in [0.05, 0.1) is 22.9 Å². The quantitative estimate of drug-likeness (QED) is 0.439. The third kappa shape index (κ3) is 4.56. The first-order valence-corrected chi connectivity index (χ1v) is 11.7. The van der Waals surface area contributed by atoms with Gasteiger partial charge in [0, 0.05) is 56.6 Å². The molecule has 34 heavy (non-hydrogen) atoms. The summed E-state index contributed by atoms with van der Waals surface area (Å²) in [7, 11) is 1.91. The lowest BCUT2D eigenvalue weighted by Crippen LogP contribution is -2.34. The van der Waals surface area contributed by atoms with E-state index in [9.17, 15) is 4.79 Å². The molecule has 0 spiro atoms. The normalized spacial score (nSPS) is 14.5. The smallest absolute Gasteiger partial charge is 0.270 e. The lowest BCUT2D eigenvalue weighted by atomic mass is 9.93. The highest BCUT2D eigenvalue weighted by molar-refractivity contribution is 6.28. The number of aromatic nitrogens is 6. The van der Waals surface area contributed by atoms with E-state index in [1.54, 1.807) is 10.7 Å². The Hall–Kier alpha value is -3.59. The van der Waals surface area contributed by atoms with Crippen molar-refractivity contribution in [3.63, 3.8) is 0 Å². The summed E-state index contributed by atoms with van der Waals surface area (Å²) < 4.78 is 1.79. The van der Waals surface area contributed by atoms with Crippen molar-refractivity contribution in [3.05, 3.63) is 59.5 Å². The summed E-state index contributed by atoms with van der Waals surface area (Å²) in [5.41, 5.74) is 5.17. The SMILES string of the molecule is CCNC(=O)c1cc(N2CCC(c3cnc4ccc(-c5cnn(C)c5)cc4n3)CC2)nc(Cl)n1. The van der Waals surface area contributed by atoms with Crippen LogP contribution in [0.25, 0.3) is 22.2 Å². The summed E-state index contributed by atoms with van der Waals surface area (Å²) in [5, 5.41) is 7.09. The molecule has 5 rings (SSSR count). The van der Waals surface area contributed by atoms with Gasteiger partial charge in [-0.3, -0.25) is 14.5 Å². The predicted octanol–water partition coefficient (Wildman–Crippen LogP) is 3.61. The van der Waals surface area contributed by atoms with Crippen molar-refractivity contribution in [2.24, 2.45) is 7.05 Å². The number of benzene rings is 1. The maximum atomic E-state index is 12.2. The van der Waals surface area contributed by atoms with Crippen molar-refractivity contribution in [1.82, 2.24) is 35.0 Å². The zero-order chi connectivity index (χ0) is 23.7. The average Bonchev–Trinajstić information content (AvgIpc) is 3.29. The van der Waals surface area contributed by atoms with E-state index in [2.05, 4.69) is 36.3 Å². The first-order valence-electron chi connectivity index (χ1n) is 11.3. The van der Waals surface area contributed by atoms with Gasteiger partial charge >= 0.3 is 0 Å². The summed E-state index contributed by atoms with van der Waals surface area (Å²) >= 11 is 6.10. The molecule has 1 aromatic carbocycles. The summed E-state index contributed by atoms with van der Waals surface area (Å²) in [6.07, 6.45) is 7.54. The van der Waals surface area contributed by atoms with Crippen LogP contribution in [0.15, 0.2) is 42.9 Å². The topological polar surface area (TPSA) is 102 Å². The fourth-order valence-corrected chi connectivity index (χ4v) is 4.49. The molecule has 0 aliphatic carbocycles. The molecule has 3 aromatic heterocycles.